The Hall–Kier alpha value is -0.650. The highest BCUT2D eigenvalue weighted by molar-refractivity contribution is 5.83. The molecule has 0 bridgehead atoms. The second kappa shape index (κ2) is 6.33. The standard InChI is InChI=1S/C12H24N2O3/c1-12(14,11(13)15)6-7-17-10-5-3-4-9(8-10)16-2/h9-10H,3-8,14H2,1-2H3,(H2,13,15). The van der Waals surface area contributed by atoms with Gasteiger partial charge in [-0.1, -0.05) is 0 Å². The topological polar surface area (TPSA) is 87.6 Å². The SMILES string of the molecule is COC1CCCC(OCCC(C)(N)C(N)=O)C1. The van der Waals surface area contributed by atoms with Crippen LogP contribution in [0.2, 0.25) is 0 Å². The van der Waals surface area contributed by atoms with Crippen molar-refractivity contribution in [1.82, 2.24) is 0 Å². The van der Waals surface area contributed by atoms with Gasteiger partial charge in [0.2, 0.25) is 5.91 Å². The van der Waals surface area contributed by atoms with Crippen molar-refractivity contribution in [3.8, 4) is 0 Å². The first-order chi connectivity index (χ1) is 7.95. The number of carbonyl (C=O) groups excluding carboxylic acids is 1. The summed E-state index contributed by atoms with van der Waals surface area (Å²) in [5.41, 5.74) is 9.97. The highest BCUT2D eigenvalue weighted by Crippen LogP contribution is 2.23. The van der Waals surface area contributed by atoms with Crippen LogP contribution < -0.4 is 11.5 Å². The van der Waals surface area contributed by atoms with Gasteiger partial charge in [0.1, 0.15) is 0 Å². The van der Waals surface area contributed by atoms with Gasteiger partial charge in [0.15, 0.2) is 0 Å². The molecule has 4 N–H and O–H groups in total. The van der Waals surface area contributed by atoms with E-state index < -0.39 is 11.4 Å². The van der Waals surface area contributed by atoms with Crippen molar-refractivity contribution >= 4 is 5.91 Å². The molecule has 100 valence electrons. The Bertz CT molecular complexity index is 256. The number of methoxy groups -OCH3 is 1. The lowest BCUT2D eigenvalue weighted by Crippen LogP contribution is -2.50. The summed E-state index contributed by atoms with van der Waals surface area (Å²) in [5, 5.41) is 0. The lowest BCUT2D eigenvalue weighted by atomic mass is 9.94. The highest BCUT2D eigenvalue weighted by atomic mass is 16.5. The first-order valence-corrected chi connectivity index (χ1v) is 6.19. The van der Waals surface area contributed by atoms with E-state index in [1.807, 2.05) is 0 Å². The van der Waals surface area contributed by atoms with Gasteiger partial charge in [-0.2, -0.15) is 0 Å². The van der Waals surface area contributed by atoms with E-state index in [9.17, 15) is 4.79 Å². The Labute approximate surface area is 103 Å². The van der Waals surface area contributed by atoms with E-state index in [-0.39, 0.29) is 6.10 Å². The molecule has 0 heterocycles. The quantitative estimate of drug-likeness (QED) is 0.714. The summed E-state index contributed by atoms with van der Waals surface area (Å²) in [5.74, 6) is -0.487. The number of nitrogens with two attached hydrogens (primary N) is 2. The van der Waals surface area contributed by atoms with Gasteiger partial charge in [0.25, 0.3) is 0 Å². The van der Waals surface area contributed by atoms with E-state index in [1.165, 1.54) is 0 Å². The maximum atomic E-state index is 11.0. The van der Waals surface area contributed by atoms with E-state index in [2.05, 4.69) is 0 Å². The molecule has 3 unspecified atom stereocenters. The molecule has 1 saturated carbocycles. The largest absolute Gasteiger partial charge is 0.381 e. The fraction of sp³-hybridized carbons (Fsp3) is 0.917. The van der Waals surface area contributed by atoms with Gasteiger partial charge in [0.05, 0.1) is 17.7 Å². The molecule has 0 spiro atoms. The molecule has 0 aliphatic heterocycles. The number of hydrogen-bond acceptors (Lipinski definition) is 4. The number of primary amides is 1. The summed E-state index contributed by atoms with van der Waals surface area (Å²) in [6.45, 7) is 2.11. The Morgan fingerprint density at radius 3 is 2.65 bits per heavy atom. The molecular formula is C12H24N2O3. The maximum Gasteiger partial charge on any atom is 0.237 e. The zero-order valence-electron chi connectivity index (χ0n) is 10.8. The third-order valence-corrected chi connectivity index (χ3v) is 3.45. The molecule has 0 aromatic heterocycles. The lowest BCUT2D eigenvalue weighted by Gasteiger charge is -2.29. The Morgan fingerprint density at radius 2 is 2.06 bits per heavy atom. The molecule has 5 nitrogen and oxygen atoms in total. The summed E-state index contributed by atoms with van der Waals surface area (Å²) >= 11 is 0. The molecule has 1 fully saturated rings. The average Bonchev–Trinajstić information content (AvgIpc) is 2.29. The molecule has 1 rings (SSSR count). The molecule has 0 aromatic rings. The van der Waals surface area contributed by atoms with Gasteiger partial charge in [-0.3, -0.25) is 4.79 Å². The van der Waals surface area contributed by atoms with E-state index in [1.54, 1.807) is 14.0 Å². The smallest absolute Gasteiger partial charge is 0.237 e. The Kier molecular flexibility index (Phi) is 5.36. The van der Waals surface area contributed by atoms with Crippen LogP contribution in [0.15, 0.2) is 0 Å². The van der Waals surface area contributed by atoms with Crippen LogP contribution in [-0.2, 0) is 14.3 Å². The second-order valence-electron chi connectivity index (χ2n) is 5.05. The fourth-order valence-electron chi connectivity index (χ4n) is 2.03. The number of hydrogen-bond donors (Lipinski definition) is 2. The molecular weight excluding hydrogens is 220 g/mol. The normalized spacial score (nSPS) is 28.6. The van der Waals surface area contributed by atoms with Crippen LogP contribution in [0.1, 0.15) is 39.0 Å². The molecule has 3 atom stereocenters. The Balaban J connectivity index is 2.24. The monoisotopic (exact) mass is 244 g/mol. The van der Waals surface area contributed by atoms with Gasteiger partial charge in [-0.05, 0) is 39.0 Å². The zero-order valence-corrected chi connectivity index (χ0v) is 10.8. The van der Waals surface area contributed by atoms with Crippen molar-refractivity contribution in [3.05, 3.63) is 0 Å². The second-order valence-corrected chi connectivity index (χ2v) is 5.05. The molecule has 17 heavy (non-hydrogen) atoms. The third-order valence-electron chi connectivity index (χ3n) is 3.45. The lowest BCUT2D eigenvalue weighted by molar-refractivity contribution is -0.123. The van der Waals surface area contributed by atoms with Gasteiger partial charge in [-0.15, -0.1) is 0 Å². The minimum atomic E-state index is -0.977. The van der Waals surface area contributed by atoms with Crippen molar-refractivity contribution in [2.45, 2.75) is 56.8 Å². The van der Waals surface area contributed by atoms with Crippen LogP contribution >= 0.6 is 0 Å². The van der Waals surface area contributed by atoms with Crippen molar-refractivity contribution in [3.63, 3.8) is 0 Å². The number of ether oxygens (including phenoxy) is 2. The van der Waals surface area contributed by atoms with Crippen molar-refractivity contribution < 1.29 is 14.3 Å². The number of amides is 1. The van der Waals surface area contributed by atoms with Gasteiger partial charge in [-0.25, -0.2) is 0 Å². The molecule has 0 saturated heterocycles. The zero-order chi connectivity index (χ0) is 12.9. The first kappa shape index (κ1) is 14.4. The van der Waals surface area contributed by atoms with Gasteiger partial charge >= 0.3 is 0 Å². The van der Waals surface area contributed by atoms with Crippen LogP contribution in [-0.4, -0.2) is 37.4 Å². The molecule has 1 amide bonds. The summed E-state index contributed by atoms with van der Waals surface area (Å²) in [6, 6.07) is 0. The van der Waals surface area contributed by atoms with Crippen LogP contribution in [0, 0.1) is 0 Å². The van der Waals surface area contributed by atoms with Gasteiger partial charge < -0.3 is 20.9 Å². The third kappa shape index (κ3) is 4.61. The van der Waals surface area contributed by atoms with Crippen molar-refractivity contribution in [2.24, 2.45) is 11.5 Å². The average molecular weight is 244 g/mol. The van der Waals surface area contributed by atoms with Crippen molar-refractivity contribution in [1.29, 1.82) is 0 Å². The van der Waals surface area contributed by atoms with E-state index in [0.29, 0.717) is 19.1 Å². The summed E-state index contributed by atoms with van der Waals surface area (Å²) in [4.78, 5) is 11.0. The van der Waals surface area contributed by atoms with Gasteiger partial charge in [0, 0.05) is 13.7 Å². The molecule has 5 heteroatoms. The summed E-state index contributed by atoms with van der Waals surface area (Å²) in [7, 11) is 1.73. The predicted octanol–water partition coefficient (Wildman–Crippen LogP) is 0.553. The van der Waals surface area contributed by atoms with Crippen LogP contribution in [0.5, 0.6) is 0 Å². The van der Waals surface area contributed by atoms with Crippen LogP contribution in [0.3, 0.4) is 0 Å². The number of carbonyl (C=O) groups is 1. The summed E-state index contributed by atoms with van der Waals surface area (Å²) < 4.78 is 11.1. The fourth-order valence-corrected chi connectivity index (χ4v) is 2.03. The first-order valence-electron chi connectivity index (χ1n) is 6.19. The minimum absolute atomic E-state index is 0.220. The van der Waals surface area contributed by atoms with E-state index >= 15 is 0 Å². The molecule has 1 aliphatic rings. The number of rotatable bonds is 6. The summed E-state index contributed by atoms with van der Waals surface area (Å²) in [6.07, 6.45) is 5.18. The van der Waals surface area contributed by atoms with Crippen LogP contribution in [0.4, 0.5) is 0 Å². The molecule has 0 radical (unpaired) electrons. The molecule has 1 aliphatic carbocycles. The Morgan fingerprint density at radius 1 is 1.41 bits per heavy atom. The minimum Gasteiger partial charge on any atom is -0.381 e. The highest BCUT2D eigenvalue weighted by Gasteiger charge is 2.27. The molecule has 0 aromatic carbocycles. The van der Waals surface area contributed by atoms with Crippen LogP contribution in [0.25, 0.3) is 0 Å². The van der Waals surface area contributed by atoms with E-state index in [0.717, 1.165) is 25.7 Å². The van der Waals surface area contributed by atoms with Crippen molar-refractivity contribution in [2.75, 3.05) is 13.7 Å². The predicted molar refractivity (Wildman–Crippen MR) is 65.4 cm³/mol. The van der Waals surface area contributed by atoms with E-state index in [4.69, 9.17) is 20.9 Å². The maximum absolute atomic E-state index is 11.0.